The van der Waals surface area contributed by atoms with E-state index in [-0.39, 0.29) is 10.7 Å². The van der Waals surface area contributed by atoms with Crippen LogP contribution < -0.4 is 10.1 Å². The average Bonchev–Trinajstić information content (AvgIpc) is 3.20. The van der Waals surface area contributed by atoms with Gasteiger partial charge in [0.05, 0.1) is 10.2 Å². The molecule has 0 fully saturated rings. The van der Waals surface area contributed by atoms with Gasteiger partial charge in [-0.1, -0.05) is 66.3 Å². The Morgan fingerprint density at radius 3 is 2.34 bits per heavy atom. The van der Waals surface area contributed by atoms with Gasteiger partial charge in [-0.15, -0.1) is 0 Å². The smallest absolute Gasteiger partial charge is 0.326 e. The van der Waals surface area contributed by atoms with E-state index in [4.69, 9.17) is 0 Å². The number of aliphatic carboxylic acids is 1. The zero-order valence-electron chi connectivity index (χ0n) is 19.4. The van der Waals surface area contributed by atoms with Gasteiger partial charge in [-0.25, -0.2) is 4.79 Å². The average molecular weight is 488 g/mol. The quantitative estimate of drug-likeness (QED) is 0.394. The summed E-state index contributed by atoms with van der Waals surface area (Å²) >= 11 is 1.19. The van der Waals surface area contributed by atoms with Crippen LogP contribution in [-0.2, 0) is 11.3 Å². The topological polar surface area (TPSA) is 101 Å². The Morgan fingerprint density at radius 1 is 1.00 bits per heavy atom. The number of fused-ring (bicyclic) bond motifs is 1. The molecule has 35 heavy (non-hydrogen) atoms. The molecule has 2 amide bonds. The SMILES string of the molecule is CCC(C(=O)O)n1c(=NC(=O)c2ccc(C)cc2)sc2cc(C(=O)NCc3ccccc3)ccc21. The second-order valence-corrected chi connectivity index (χ2v) is 9.16. The number of nitrogens with zero attached hydrogens (tertiary/aromatic N) is 2. The molecule has 0 radical (unpaired) electrons. The molecule has 1 unspecified atom stereocenters. The third kappa shape index (κ3) is 5.38. The lowest BCUT2D eigenvalue weighted by Crippen LogP contribution is -2.27. The van der Waals surface area contributed by atoms with Gasteiger partial charge >= 0.3 is 5.97 Å². The largest absolute Gasteiger partial charge is 0.480 e. The Hall–Kier alpha value is -4.04. The van der Waals surface area contributed by atoms with E-state index in [9.17, 15) is 19.5 Å². The predicted octanol–water partition coefficient (Wildman–Crippen LogP) is 4.72. The highest BCUT2D eigenvalue weighted by Crippen LogP contribution is 2.24. The number of nitrogens with one attached hydrogen (secondary N) is 1. The molecule has 4 rings (SSSR count). The second kappa shape index (κ2) is 10.5. The number of carbonyl (C=O) groups excluding carboxylic acids is 2. The minimum Gasteiger partial charge on any atom is -0.480 e. The van der Waals surface area contributed by atoms with E-state index in [0.29, 0.717) is 34.3 Å². The van der Waals surface area contributed by atoms with Crippen LogP contribution in [0.2, 0.25) is 0 Å². The van der Waals surface area contributed by atoms with Crippen LogP contribution in [0.4, 0.5) is 0 Å². The van der Waals surface area contributed by atoms with Crippen LogP contribution in [0.25, 0.3) is 10.2 Å². The van der Waals surface area contributed by atoms with Crippen molar-refractivity contribution in [2.24, 2.45) is 4.99 Å². The van der Waals surface area contributed by atoms with Crippen molar-refractivity contribution in [3.05, 3.63) is 99.9 Å². The van der Waals surface area contributed by atoms with Crippen LogP contribution in [0.5, 0.6) is 0 Å². The lowest BCUT2D eigenvalue weighted by Gasteiger charge is -2.13. The van der Waals surface area contributed by atoms with Crippen molar-refractivity contribution in [2.75, 3.05) is 0 Å². The van der Waals surface area contributed by atoms with E-state index in [0.717, 1.165) is 11.1 Å². The summed E-state index contributed by atoms with van der Waals surface area (Å²) in [6.45, 7) is 4.09. The third-order valence-corrected chi connectivity index (χ3v) is 6.68. The minimum atomic E-state index is -1.01. The molecule has 0 bridgehead atoms. The summed E-state index contributed by atoms with van der Waals surface area (Å²) in [5.74, 6) is -1.71. The van der Waals surface area contributed by atoms with Gasteiger partial charge in [0.1, 0.15) is 6.04 Å². The maximum atomic E-state index is 12.8. The first-order valence-corrected chi connectivity index (χ1v) is 12.0. The number of carbonyl (C=O) groups is 3. The van der Waals surface area contributed by atoms with Crippen LogP contribution in [0.15, 0.2) is 77.8 Å². The number of carboxylic acids is 1. The van der Waals surface area contributed by atoms with E-state index in [1.165, 1.54) is 11.3 Å². The summed E-state index contributed by atoms with van der Waals surface area (Å²) in [5, 5.41) is 12.7. The molecular weight excluding hydrogens is 462 g/mol. The lowest BCUT2D eigenvalue weighted by molar-refractivity contribution is -0.140. The van der Waals surface area contributed by atoms with Gasteiger partial charge in [0, 0.05) is 17.7 Å². The van der Waals surface area contributed by atoms with Gasteiger partial charge < -0.3 is 15.0 Å². The number of hydrogen-bond acceptors (Lipinski definition) is 4. The van der Waals surface area contributed by atoms with Crippen molar-refractivity contribution in [3.8, 4) is 0 Å². The van der Waals surface area contributed by atoms with Crippen molar-refractivity contribution in [1.82, 2.24) is 9.88 Å². The molecule has 0 saturated heterocycles. The summed E-state index contributed by atoms with van der Waals surface area (Å²) in [6, 6.07) is 20.8. The van der Waals surface area contributed by atoms with Crippen LogP contribution in [-0.4, -0.2) is 27.5 Å². The number of amides is 2. The van der Waals surface area contributed by atoms with E-state index in [2.05, 4.69) is 10.3 Å². The first kappa shape index (κ1) is 24.1. The summed E-state index contributed by atoms with van der Waals surface area (Å²) in [5.41, 5.74) is 3.48. The number of thiazole rings is 1. The van der Waals surface area contributed by atoms with Crippen LogP contribution >= 0.6 is 11.3 Å². The summed E-state index contributed by atoms with van der Waals surface area (Å²) in [6.07, 6.45) is 0.312. The standard InChI is InChI=1S/C27H25N3O4S/c1-3-21(26(33)34)30-22-14-13-20(24(31)28-16-18-7-5-4-6-8-18)15-23(22)35-27(30)29-25(32)19-11-9-17(2)10-12-19/h4-15,21H,3,16H2,1-2H3,(H,28,31)(H,33,34). The molecule has 0 spiro atoms. The van der Waals surface area contributed by atoms with E-state index >= 15 is 0 Å². The fourth-order valence-electron chi connectivity index (χ4n) is 3.76. The van der Waals surface area contributed by atoms with E-state index in [1.54, 1.807) is 41.8 Å². The van der Waals surface area contributed by atoms with Crippen molar-refractivity contribution in [3.63, 3.8) is 0 Å². The molecule has 3 aromatic carbocycles. The van der Waals surface area contributed by atoms with Gasteiger partial charge in [-0.3, -0.25) is 9.59 Å². The van der Waals surface area contributed by atoms with Crippen molar-refractivity contribution in [2.45, 2.75) is 32.9 Å². The maximum absolute atomic E-state index is 12.8. The molecule has 7 nitrogen and oxygen atoms in total. The predicted molar refractivity (Wildman–Crippen MR) is 135 cm³/mol. The van der Waals surface area contributed by atoms with Gasteiger partial charge in [-0.2, -0.15) is 4.99 Å². The lowest BCUT2D eigenvalue weighted by atomic mass is 10.1. The molecule has 0 aliphatic rings. The highest BCUT2D eigenvalue weighted by atomic mass is 32.1. The molecule has 1 heterocycles. The number of carboxylic acid groups (broad SMARTS) is 1. The second-order valence-electron chi connectivity index (χ2n) is 8.15. The van der Waals surface area contributed by atoms with Crippen molar-refractivity contribution in [1.29, 1.82) is 0 Å². The minimum absolute atomic E-state index is 0.241. The normalized spacial score (nSPS) is 12.5. The van der Waals surface area contributed by atoms with E-state index in [1.807, 2.05) is 49.4 Å². The molecule has 4 aromatic rings. The first-order valence-electron chi connectivity index (χ1n) is 11.2. The summed E-state index contributed by atoms with van der Waals surface area (Å²) in [4.78, 5) is 42.2. The molecule has 2 N–H and O–H groups in total. The Bertz CT molecular complexity index is 1450. The Morgan fingerprint density at radius 2 is 1.69 bits per heavy atom. The first-order chi connectivity index (χ1) is 16.9. The van der Waals surface area contributed by atoms with Gasteiger partial charge in [-0.05, 0) is 49.2 Å². The fraction of sp³-hybridized carbons (Fsp3) is 0.185. The number of benzene rings is 3. The highest BCUT2D eigenvalue weighted by Gasteiger charge is 2.23. The van der Waals surface area contributed by atoms with Crippen LogP contribution in [0.3, 0.4) is 0 Å². The summed E-state index contributed by atoms with van der Waals surface area (Å²) in [7, 11) is 0. The maximum Gasteiger partial charge on any atom is 0.326 e. The molecule has 0 saturated carbocycles. The highest BCUT2D eigenvalue weighted by molar-refractivity contribution is 7.16. The van der Waals surface area contributed by atoms with Crippen LogP contribution in [0, 0.1) is 6.92 Å². The molecule has 178 valence electrons. The van der Waals surface area contributed by atoms with E-state index < -0.39 is 17.9 Å². The molecule has 8 heteroatoms. The zero-order valence-corrected chi connectivity index (χ0v) is 20.2. The number of aromatic nitrogens is 1. The third-order valence-electron chi connectivity index (χ3n) is 5.66. The monoisotopic (exact) mass is 487 g/mol. The van der Waals surface area contributed by atoms with Crippen molar-refractivity contribution < 1.29 is 19.5 Å². The van der Waals surface area contributed by atoms with Crippen LogP contribution in [0.1, 0.15) is 51.2 Å². The molecule has 1 atom stereocenters. The Kier molecular flexibility index (Phi) is 7.22. The number of hydrogen-bond donors (Lipinski definition) is 2. The number of aryl methyl sites for hydroxylation is 1. The molecular formula is C27H25N3O4S. The zero-order chi connectivity index (χ0) is 24.9. The summed E-state index contributed by atoms with van der Waals surface area (Å²) < 4.78 is 2.24. The van der Waals surface area contributed by atoms with Crippen molar-refractivity contribution >= 4 is 39.3 Å². The molecule has 0 aliphatic heterocycles. The Balaban J connectivity index is 1.73. The van der Waals surface area contributed by atoms with Gasteiger partial charge in [0.25, 0.3) is 11.8 Å². The molecule has 1 aromatic heterocycles. The Labute approximate surface area is 206 Å². The fourth-order valence-corrected chi connectivity index (χ4v) is 4.87. The van der Waals surface area contributed by atoms with Gasteiger partial charge in [0.15, 0.2) is 4.80 Å². The van der Waals surface area contributed by atoms with Gasteiger partial charge in [0.2, 0.25) is 0 Å². The number of rotatable bonds is 7. The molecule has 0 aliphatic carbocycles.